The number of rotatable bonds is 4. The van der Waals surface area contributed by atoms with E-state index in [0.717, 1.165) is 5.56 Å². The second kappa shape index (κ2) is 7.73. The number of likely N-dealkylation sites (N-methyl/N-ethyl adjacent to an activating group) is 1. The average Bonchev–Trinajstić information content (AvgIpc) is 3.15. The summed E-state index contributed by atoms with van der Waals surface area (Å²) in [7, 11) is 1.78. The molecule has 3 heterocycles. The number of hydrogen-bond donors (Lipinski definition) is 1. The van der Waals surface area contributed by atoms with Gasteiger partial charge in [-0.25, -0.2) is 4.98 Å². The predicted octanol–water partition coefficient (Wildman–Crippen LogP) is 2.01. The maximum absolute atomic E-state index is 12.6. The fourth-order valence-corrected chi connectivity index (χ4v) is 3.05. The average molecular weight is 395 g/mol. The second-order valence-electron chi connectivity index (χ2n) is 6.22. The molecule has 1 aromatic carbocycles. The molecule has 1 aliphatic heterocycles. The van der Waals surface area contributed by atoms with E-state index >= 15 is 0 Å². The summed E-state index contributed by atoms with van der Waals surface area (Å²) in [5, 5.41) is 10.6. The van der Waals surface area contributed by atoms with E-state index in [0.29, 0.717) is 28.9 Å². The SMILES string of the molecule is CN1C(=S)C(NC(=O)c2nnc(Cc3ccccc3)o2)COc2cccnc21. The Morgan fingerprint density at radius 1 is 1.25 bits per heavy atom. The molecular weight excluding hydrogens is 378 g/mol. The number of thiocarbonyl (C=S) groups is 1. The van der Waals surface area contributed by atoms with E-state index in [9.17, 15) is 4.79 Å². The number of nitrogens with zero attached hydrogens (tertiary/aromatic N) is 4. The fourth-order valence-electron chi connectivity index (χ4n) is 2.84. The first-order chi connectivity index (χ1) is 13.6. The lowest BCUT2D eigenvalue weighted by atomic mass is 10.2. The summed E-state index contributed by atoms with van der Waals surface area (Å²) in [6.45, 7) is 0.179. The van der Waals surface area contributed by atoms with Gasteiger partial charge in [0.2, 0.25) is 5.89 Å². The lowest BCUT2D eigenvalue weighted by molar-refractivity contribution is 0.0901. The van der Waals surface area contributed by atoms with Crippen molar-refractivity contribution in [3.63, 3.8) is 0 Å². The molecule has 0 radical (unpaired) electrons. The third-order valence-corrected chi connectivity index (χ3v) is 4.83. The summed E-state index contributed by atoms with van der Waals surface area (Å²) in [6, 6.07) is 12.7. The van der Waals surface area contributed by atoms with E-state index in [4.69, 9.17) is 21.4 Å². The van der Waals surface area contributed by atoms with Crippen molar-refractivity contribution in [3.05, 3.63) is 66.0 Å². The molecule has 1 unspecified atom stereocenters. The second-order valence-corrected chi connectivity index (χ2v) is 6.64. The maximum Gasteiger partial charge on any atom is 0.309 e. The number of benzene rings is 1. The lowest BCUT2D eigenvalue weighted by Gasteiger charge is -2.22. The first-order valence-corrected chi connectivity index (χ1v) is 9.05. The van der Waals surface area contributed by atoms with Gasteiger partial charge < -0.3 is 19.4 Å². The highest BCUT2D eigenvalue weighted by atomic mass is 32.1. The van der Waals surface area contributed by atoms with Crippen LogP contribution in [-0.2, 0) is 6.42 Å². The van der Waals surface area contributed by atoms with Crippen LogP contribution in [0.25, 0.3) is 0 Å². The van der Waals surface area contributed by atoms with Crippen LogP contribution >= 0.6 is 12.2 Å². The van der Waals surface area contributed by atoms with Crippen molar-refractivity contribution < 1.29 is 13.9 Å². The van der Waals surface area contributed by atoms with E-state index in [1.165, 1.54) is 0 Å². The number of pyridine rings is 1. The van der Waals surface area contributed by atoms with Crippen LogP contribution in [0.15, 0.2) is 53.1 Å². The molecule has 3 aromatic rings. The van der Waals surface area contributed by atoms with Crippen molar-refractivity contribution in [2.24, 2.45) is 0 Å². The summed E-state index contributed by atoms with van der Waals surface area (Å²) < 4.78 is 11.3. The third kappa shape index (κ3) is 3.70. The lowest BCUT2D eigenvalue weighted by Crippen LogP contribution is -2.48. The zero-order valence-electron chi connectivity index (χ0n) is 15.0. The molecule has 0 fully saturated rings. The highest BCUT2D eigenvalue weighted by molar-refractivity contribution is 7.80. The number of carbonyl (C=O) groups is 1. The summed E-state index contributed by atoms with van der Waals surface area (Å²) in [5.74, 6) is 0.954. The Balaban J connectivity index is 1.45. The number of nitrogens with one attached hydrogen (secondary N) is 1. The van der Waals surface area contributed by atoms with Crippen LogP contribution in [0.4, 0.5) is 5.82 Å². The minimum absolute atomic E-state index is 0.115. The van der Waals surface area contributed by atoms with Crippen LogP contribution in [0.2, 0.25) is 0 Å². The topological polar surface area (TPSA) is 93.4 Å². The summed E-state index contributed by atoms with van der Waals surface area (Å²) >= 11 is 5.50. The van der Waals surface area contributed by atoms with Gasteiger partial charge in [0, 0.05) is 13.2 Å². The number of aromatic nitrogens is 3. The summed E-state index contributed by atoms with van der Waals surface area (Å²) in [4.78, 5) is 19.0. The van der Waals surface area contributed by atoms with Crippen molar-refractivity contribution >= 4 is 28.9 Å². The molecule has 0 saturated carbocycles. The van der Waals surface area contributed by atoms with Crippen molar-refractivity contribution in [2.45, 2.75) is 12.5 Å². The van der Waals surface area contributed by atoms with Gasteiger partial charge in [0.05, 0.1) is 6.42 Å². The Kier molecular flexibility index (Phi) is 4.98. The zero-order valence-corrected chi connectivity index (χ0v) is 15.8. The van der Waals surface area contributed by atoms with Gasteiger partial charge in [0.1, 0.15) is 17.6 Å². The minimum Gasteiger partial charge on any atom is -0.487 e. The van der Waals surface area contributed by atoms with Crippen molar-refractivity contribution in [1.82, 2.24) is 20.5 Å². The van der Waals surface area contributed by atoms with Crippen molar-refractivity contribution in [2.75, 3.05) is 18.6 Å². The molecule has 1 N–H and O–H groups in total. The van der Waals surface area contributed by atoms with Crippen LogP contribution < -0.4 is 15.0 Å². The molecule has 8 nitrogen and oxygen atoms in total. The number of hydrogen-bond acceptors (Lipinski definition) is 7. The molecule has 142 valence electrons. The Bertz CT molecular complexity index is 1010. The van der Waals surface area contributed by atoms with Gasteiger partial charge in [-0.3, -0.25) is 4.79 Å². The number of amides is 1. The Hall–Kier alpha value is -3.33. The Morgan fingerprint density at radius 2 is 2.07 bits per heavy atom. The molecule has 4 rings (SSSR count). The van der Waals surface area contributed by atoms with E-state index in [1.807, 2.05) is 30.3 Å². The fraction of sp³-hybridized carbons (Fsp3) is 0.211. The van der Waals surface area contributed by atoms with E-state index < -0.39 is 11.9 Å². The monoisotopic (exact) mass is 395 g/mol. The standard InChI is InChI=1S/C19H17N5O3S/c1-24-16-14(8-5-9-20-16)26-11-13(19(24)28)21-17(25)18-23-22-15(27-18)10-12-6-3-2-4-7-12/h2-9,13H,10-11H2,1H3,(H,21,25). The molecule has 1 atom stereocenters. The van der Waals surface area contributed by atoms with Crippen LogP contribution in [0.5, 0.6) is 5.75 Å². The number of carbonyl (C=O) groups excluding carboxylic acids is 1. The number of anilines is 1. The van der Waals surface area contributed by atoms with Crippen molar-refractivity contribution in [1.29, 1.82) is 0 Å². The highest BCUT2D eigenvalue weighted by Gasteiger charge is 2.29. The molecule has 2 aromatic heterocycles. The van der Waals surface area contributed by atoms with E-state index in [1.54, 1.807) is 30.3 Å². The quantitative estimate of drug-likeness (QED) is 0.671. The molecule has 0 bridgehead atoms. The van der Waals surface area contributed by atoms with Crippen LogP contribution in [0.1, 0.15) is 22.1 Å². The van der Waals surface area contributed by atoms with Crippen LogP contribution in [-0.4, -0.2) is 45.8 Å². The smallest absolute Gasteiger partial charge is 0.309 e. The van der Waals surface area contributed by atoms with Gasteiger partial charge in [0.15, 0.2) is 11.6 Å². The molecular formula is C19H17N5O3S. The molecule has 1 amide bonds. The molecule has 1 aliphatic rings. The Morgan fingerprint density at radius 3 is 2.89 bits per heavy atom. The van der Waals surface area contributed by atoms with Gasteiger partial charge in [-0.1, -0.05) is 42.5 Å². The van der Waals surface area contributed by atoms with Crippen LogP contribution in [0, 0.1) is 0 Å². The zero-order chi connectivity index (χ0) is 19.5. The molecule has 0 aliphatic carbocycles. The first kappa shape index (κ1) is 18.1. The molecule has 0 saturated heterocycles. The molecule has 28 heavy (non-hydrogen) atoms. The summed E-state index contributed by atoms with van der Waals surface area (Å²) in [5.41, 5.74) is 1.02. The number of ether oxygens (including phenoxy) is 1. The van der Waals surface area contributed by atoms with E-state index in [-0.39, 0.29) is 12.5 Å². The van der Waals surface area contributed by atoms with Crippen molar-refractivity contribution in [3.8, 4) is 5.75 Å². The largest absolute Gasteiger partial charge is 0.487 e. The molecule has 0 spiro atoms. The normalized spacial score (nSPS) is 16.1. The maximum atomic E-state index is 12.6. The third-order valence-electron chi connectivity index (χ3n) is 4.27. The summed E-state index contributed by atoms with van der Waals surface area (Å²) in [6.07, 6.45) is 2.11. The molecule has 9 heteroatoms. The van der Waals surface area contributed by atoms with Gasteiger partial charge in [-0.05, 0) is 17.7 Å². The van der Waals surface area contributed by atoms with Crippen LogP contribution in [0.3, 0.4) is 0 Å². The minimum atomic E-state index is -0.536. The Labute approximate surface area is 166 Å². The predicted molar refractivity (Wildman–Crippen MR) is 106 cm³/mol. The van der Waals surface area contributed by atoms with Gasteiger partial charge in [0.25, 0.3) is 0 Å². The van der Waals surface area contributed by atoms with Gasteiger partial charge >= 0.3 is 11.8 Å². The first-order valence-electron chi connectivity index (χ1n) is 8.64. The highest BCUT2D eigenvalue weighted by Crippen LogP contribution is 2.27. The van der Waals surface area contributed by atoms with Gasteiger partial charge in [-0.2, -0.15) is 0 Å². The van der Waals surface area contributed by atoms with E-state index in [2.05, 4.69) is 20.5 Å². The van der Waals surface area contributed by atoms with Gasteiger partial charge in [-0.15, -0.1) is 10.2 Å². The number of fused-ring (bicyclic) bond motifs is 1.